The number of aliphatic hydroxyl groups is 1. The van der Waals surface area contributed by atoms with Crippen LogP contribution in [0.2, 0.25) is 0 Å². The monoisotopic (exact) mass is 280 g/mol. The second kappa shape index (κ2) is 6.25. The summed E-state index contributed by atoms with van der Waals surface area (Å²) in [5.41, 5.74) is -0.160. The summed E-state index contributed by atoms with van der Waals surface area (Å²) in [5, 5.41) is 14.3. The lowest BCUT2D eigenvalue weighted by molar-refractivity contribution is 0.0565. The molecule has 0 bridgehead atoms. The maximum absolute atomic E-state index is 10.1. The third-order valence-corrected chi connectivity index (χ3v) is 4.58. The van der Waals surface area contributed by atoms with Crippen molar-refractivity contribution in [3.05, 3.63) is 11.7 Å². The van der Waals surface area contributed by atoms with Crippen LogP contribution >= 0.6 is 0 Å². The van der Waals surface area contributed by atoms with Crippen LogP contribution in [0, 0.1) is 11.3 Å². The molecule has 1 heterocycles. The van der Waals surface area contributed by atoms with Crippen molar-refractivity contribution in [3.8, 4) is 0 Å². The van der Waals surface area contributed by atoms with Crippen LogP contribution < -0.4 is 0 Å². The lowest BCUT2D eigenvalue weighted by Gasteiger charge is -2.26. The van der Waals surface area contributed by atoms with Gasteiger partial charge in [-0.1, -0.05) is 52.1 Å². The zero-order valence-electron chi connectivity index (χ0n) is 13.2. The minimum absolute atomic E-state index is 0.160. The number of hydrogen-bond donors (Lipinski definition) is 1. The topological polar surface area (TPSA) is 59.2 Å². The molecule has 0 aliphatic heterocycles. The van der Waals surface area contributed by atoms with Crippen LogP contribution in [-0.4, -0.2) is 21.4 Å². The van der Waals surface area contributed by atoms with Crippen molar-refractivity contribution in [2.75, 3.05) is 0 Å². The van der Waals surface area contributed by atoms with Crippen molar-refractivity contribution in [3.63, 3.8) is 0 Å². The van der Waals surface area contributed by atoms with Gasteiger partial charge in [-0.05, 0) is 24.2 Å². The fourth-order valence-corrected chi connectivity index (χ4v) is 2.88. The van der Waals surface area contributed by atoms with Crippen LogP contribution in [0.4, 0.5) is 0 Å². The highest BCUT2D eigenvalue weighted by Crippen LogP contribution is 2.36. The fraction of sp³-hybridized carbons (Fsp3) is 0.875. The van der Waals surface area contributed by atoms with Gasteiger partial charge in [-0.3, -0.25) is 0 Å². The molecule has 1 saturated carbocycles. The molecule has 1 aromatic heterocycles. The first-order chi connectivity index (χ1) is 9.40. The molecular formula is C16H28N2O2. The van der Waals surface area contributed by atoms with Crippen LogP contribution in [0.3, 0.4) is 0 Å². The predicted molar refractivity (Wildman–Crippen MR) is 78.5 cm³/mol. The molecule has 0 amide bonds. The van der Waals surface area contributed by atoms with Crippen LogP contribution in [0.15, 0.2) is 4.52 Å². The lowest BCUT2D eigenvalue weighted by Crippen LogP contribution is -2.28. The van der Waals surface area contributed by atoms with Gasteiger partial charge in [-0.2, -0.15) is 4.98 Å². The van der Waals surface area contributed by atoms with Crippen LogP contribution in [0.25, 0.3) is 0 Å². The van der Waals surface area contributed by atoms with Gasteiger partial charge in [0, 0.05) is 5.92 Å². The quantitative estimate of drug-likeness (QED) is 0.913. The van der Waals surface area contributed by atoms with Gasteiger partial charge in [0.05, 0.1) is 12.5 Å². The Labute approximate surface area is 122 Å². The normalized spacial score (nSPS) is 25.6. The van der Waals surface area contributed by atoms with Gasteiger partial charge >= 0.3 is 0 Å². The van der Waals surface area contributed by atoms with Crippen molar-refractivity contribution in [1.82, 2.24) is 10.1 Å². The van der Waals surface area contributed by atoms with E-state index in [1.807, 2.05) is 20.8 Å². The predicted octanol–water partition coefficient (Wildman–Crippen LogP) is 3.70. The maximum Gasteiger partial charge on any atom is 0.229 e. The first-order valence-electron chi connectivity index (χ1n) is 7.90. The molecule has 1 aliphatic rings. The molecule has 0 aromatic carbocycles. The minimum Gasteiger partial charge on any atom is -0.392 e. The van der Waals surface area contributed by atoms with Gasteiger partial charge in [0.2, 0.25) is 5.89 Å². The summed E-state index contributed by atoms with van der Waals surface area (Å²) in [4.78, 5) is 4.52. The van der Waals surface area contributed by atoms with E-state index in [0.717, 1.165) is 18.2 Å². The highest BCUT2D eigenvalue weighted by Gasteiger charge is 2.28. The minimum atomic E-state index is -0.453. The SMILES string of the molecule is CCC1CCCC(c2noc(CC(O)C(C)(C)C)n2)C1. The van der Waals surface area contributed by atoms with Crippen molar-refractivity contribution in [2.45, 2.75) is 78.2 Å². The highest BCUT2D eigenvalue weighted by molar-refractivity contribution is 4.99. The molecule has 1 aromatic rings. The molecule has 0 spiro atoms. The molecule has 1 N–H and O–H groups in total. The van der Waals surface area contributed by atoms with Gasteiger partial charge in [-0.15, -0.1) is 0 Å². The Morgan fingerprint density at radius 2 is 2.10 bits per heavy atom. The fourth-order valence-electron chi connectivity index (χ4n) is 2.88. The van der Waals surface area contributed by atoms with Crippen molar-refractivity contribution in [1.29, 1.82) is 0 Å². The summed E-state index contributed by atoms with van der Waals surface area (Å²) in [6, 6.07) is 0. The number of aromatic nitrogens is 2. The summed E-state index contributed by atoms with van der Waals surface area (Å²) >= 11 is 0. The summed E-state index contributed by atoms with van der Waals surface area (Å²) < 4.78 is 5.33. The van der Waals surface area contributed by atoms with Crippen LogP contribution in [0.5, 0.6) is 0 Å². The maximum atomic E-state index is 10.1. The average molecular weight is 280 g/mol. The third-order valence-electron chi connectivity index (χ3n) is 4.58. The summed E-state index contributed by atoms with van der Waals surface area (Å²) in [7, 11) is 0. The Kier molecular flexibility index (Phi) is 4.84. The number of rotatable bonds is 4. The summed E-state index contributed by atoms with van der Waals surface area (Å²) in [6.07, 6.45) is 6.17. The van der Waals surface area contributed by atoms with E-state index >= 15 is 0 Å². The lowest BCUT2D eigenvalue weighted by atomic mass is 9.80. The average Bonchev–Trinajstić information content (AvgIpc) is 2.86. The van der Waals surface area contributed by atoms with Gasteiger partial charge < -0.3 is 9.63 Å². The van der Waals surface area contributed by atoms with E-state index in [-0.39, 0.29) is 5.41 Å². The second-order valence-corrected chi connectivity index (χ2v) is 7.27. The Morgan fingerprint density at radius 1 is 1.35 bits per heavy atom. The molecule has 114 valence electrons. The smallest absolute Gasteiger partial charge is 0.229 e. The number of nitrogens with zero attached hydrogens (tertiary/aromatic N) is 2. The Bertz CT molecular complexity index is 422. The third kappa shape index (κ3) is 3.81. The number of hydrogen-bond acceptors (Lipinski definition) is 4. The van der Waals surface area contributed by atoms with E-state index in [9.17, 15) is 5.11 Å². The Hall–Kier alpha value is -0.900. The molecule has 1 aliphatic carbocycles. The van der Waals surface area contributed by atoms with Crippen molar-refractivity contribution < 1.29 is 9.63 Å². The molecule has 1 fully saturated rings. The van der Waals surface area contributed by atoms with Gasteiger partial charge in [0.1, 0.15) is 0 Å². The molecule has 4 nitrogen and oxygen atoms in total. The van der Waals surface area contributed by atoms with E-state index in [0.29, 0.717) is 18.2 Å². The van der Waals surface area contributed by atoms with Gasteiger partial charge in [-0.25, -0.2) is 0 Å². The van der Waals surface area contributed by atoms with Crippen LogP contribution in [0.1, 0.15) is 77.4 Å². The zero-order chi connectivity index (χ0) is 14.8. The van der Waals surface area contributed by atoms with E-state index in [2.05, 4.69) is 17.1 Å². The molecule has 3 atom stereocenters. The molecule has 20 heavy (non-hydrogen) atoms. The number of aliphatic hydroxyl groups excluding tert-OH is 1. The van der Waals surface area contributed by atoms with E-state index < -0.39 is 6.10 Å². The first-order valence-corrected chi connectivity index (χ1v) is 7.90. The largest absolute Gasteiger partial charge is 0.392 e. The molecule has 2 rings (SSSR count). The van der Waals surface area contributed by atoms with Crippen LogP contribution in [-0.2, 0) is 6.42 Å². The standard InChI is InChI=1S/C16H28N2O2/c1-5-11-7-6-8-12(9-11)15-17-14(20-18-15)10-13(19)16(2,3)4/h11-13,19H,5-10H2,1-4H3. The van der Waals surface area contributed by atoms with E-state index in [4.69, 9.17) is 4.52 Å². The highest BCUT2D eigenvalue weighted by atomic mass is 16.5. The molecule has 3 unspecified atom stereocenters. The van der Waals surface area contributed by atoms with Gasteiger partial charge in [0.25, 0.3) is 0 Å². The summed E-state index contributed by atoms with van der Waals surface area (Å²) in [5.74, 6) is 2.66. The first kappa shape index (κ1) is 15.5. The Balaban J connectivity index is 1.98. The molecule has 4 heteroatoms. The Morgan fingerprint density at radius 3 is 2.75 bits per heavy atom. The van der Waals surface area contributed by atoms with E-state index in [1.165, 1.54) is 25.7 Å². The zero-order valence-corrected chi connectivity index (χ0v) is 13.2. The molecular weight excluding hydrogens is 252 g/mol. The van der Waals surface area contributed by atoms with Gasteiger partial charge in [0.15, 0.2) is 5.82 Å². The van der Waals surface area contributed by atoms with Crippen molar-refractivity contribution in [2.24, 2.45) is 11.3 Å². The molecule has 0 radical (unpaired) electrons. The second-order valence-electron chi connectivity index (χ2n) is 7.27. The van der Waals surface area contributed by atoms with Crippen molar-refractivity contribution >= 4 is 0 Å². The van der Waals surface area contributed by atoms with E-state index in [1.54, 1.807) is 0 Å². The summed E-state index contributed by atoms with van der Waals surface area (Å²) in [6.45, 7) is 8.31. The molecule has 0 saturated heterocycles.